The fourth-order valence-corrected chi connectivity index (χ4v) is 1.59. The minimum absolute atomic E-state index is 0.556. The molecule has 17 heavy (non-hydrogen) atoms. The molecule has 0 aliphatic heterocycles. The van der Waals surface area contributed by atoms with E-state index in [2.05, 4.69) is 33.1 Å². The number of rotatable bonds is 4. The molecule has 6 heteroatoms. The molecule has 0 fully saturated rings. The van der Waals surface area contributed by atoms with Gasteiger partial charge in [0.25, 0.3) is 0 Å². The average Bonchev–Trinajstić information content (AvgIpc) is 2.83. The highest BCUT2D eigenvalue weighted by atomic mass is 32.1. The zero-order valence-corrected chi connectivity index (χ0v) is 10.0. The molecule has 0 amide bonds. The lowest BCUT2D eigenvalue weighted by molar-refractivity contribution is 0.852. The van der Waals surface area contributed by atoms with Gasteiger partial charge < -0.3 is 5.32 Å². The molecule has 0 radical (unpaired) electrons. The fraction of sp³-hybridized carbons (Fsp3) is 0.182. The lowest BCUT2D eigenvalue weighted by Crippen LogP contribution is -2.34. The highest BCUT2D eigenvalue weighted by Crippen LogP contribution is 1.97. The van der Waals surface area contributed by atoms with Crippen LogP contribution in [0.5, 0.6) is 0 Å². The third kappa shape index (κ3) is 3.84. The molecule has 0 saturated carbocycles. The second-order valence-corrected chi connectivity index (χ2v) is 3.88. The minimum Gasteiger partial charge on any atom is -0.361 e. The summed E-state index contributed by atoms with van der Waals surface area (Å²) in [6.45, 7) is 0.790. The van der Waals surface area contributed by atoms with Crippen molar-refractivity contribution in [3.8, 4) is 0 Å². The number of hydrogen-bond donors (Lipinski definition) is 2. The molecule has 0 saturated heterocycles. The van der Waals surface area contributed by atoms with Gasteiger partial charge in [0.15, 0.2) is 5.11 Å². The molecule has 2 rings (SSSR count). The summed E-state index contributed by atoms with van der Waals surface area (Å²) in [5.41, 5.74) is 4.20. The molecule has 1 aromatic heterocycles. The van der Waals surface area contributed by atoms with Crippen molar-refractivity contribution in [3.63, 3.8) is 0 Å². The minimum atomic E-state index is 0.556. The summed E-state index contributed by atoms with van der Waals surface area (Å²) >= 11 is 5.12. The van der Waals surface area contributed by atoms with E-state index in [4.69, 9.17) is 12.2 Å². The Morgan fingerprint density at radius 3 is 2.59 bits per heavy atom. The molecule has 2 aromatic rings. The van der Waals surface area contributed by atoms with Crippen LogP contribution >= 0.6 is 12.2 Å². The van der Waals surface area contributed by atoms with Gasteiger partial charge in [0.1, 0.15) is 12.7 Å². The molecule has 0 aliphatic carbocycles. The maximum absolute atomic E-state index is 5.12. The summed E-state index contributed by atoms with van der Waals surface area (Å²) < 4.78 is 1.60. The van der Waals surface area contributed by atoms with Crippen molar-refractivity contribution in [1.29, 1.82) is 0 Å². The predicted molar refractivity (Wildman–Crippen MR) is 70.1 cm³/mol. The van der Waals surface area contributed by atoms with Gasteiger partial charge in [0.05, 0.1) is 0 Å². The molecule has 0 spiro atoms. The SMILES string of the molecule is S=C(NCCc1ccccc1)Nn1cnnc1. The molecular weight excluding hydrogens is 234 g/mol. The zero-order chi connectivity index (χ0) is 11.9. The monoisotopic (exact) mass is 247 g/mol. The van der Waals surface area contributed by atoms with Gasteiger partial charge >= 0.3 is 0 Å². The Balaban J connectivity index is 1.70. The summed E-state index contributed by atoms with van der Waals surface area (Å²) in [5, 5.41) is 11.0. The topological polar surface area (TPSA) is 54.8 Å². The van der Waals surface area contributed by atoms with Gasteiger partial charge in [-0.1, -0.05) is 30.3 Å². The van der Waals surface area contributed by atoms with Crippen LogP contribution in [0.1, 0.15) is 5.56 Å². The molecule has 2 N–H and O–H groups in total. The lowest BCUT2D eigenvalue weighted by Gasteiger charge is -2.09. The summed E-state index contributed by atoms with van der Waals surface area (Å²) in [6.07, 6.45) is 4.03. The van der Waals surface area contributed by atoms with Crippen LogP contribution in [0.2, 0.25) is 0 Å². The van der Waals surface area contributed by atoms with Crippen molar-refractivity contribution in [1.82, 2.24) is 20.2 Å². The third-order valence-electron chi connectivity index (χ3n) is 2.19. The van der Waals surface area contributed by atoms with Gasteiger partial charge in [0.2, 0.25) is 0 Å². The van der Waals surface area contributed by atoms with Crippen LogP contribution in [0.3, 0.4) is 0 Å². The van der Waals surface area contributed by atoms with Crippen LogP contribution in [-0.4, -0.2) is 26.5 Å². The van der Waals surface area contributed by atoms with E-state index in [0.29, 0.717) is 5.11 Å². The summed E-state index contributed by atoms with van der Waals surface area (Å²) in [7, 11) is 0. The van der Waals surface area contributed by atoms with Crippen molar-refractivity contribution in [2.75, 3.05) is 12.0 Å². The average molecular weight is 247 g/mol. The van der Waals surface area contributed by atoms with Gasteiger partial charge in [-0.05, 0) is 24.2 Å². The molecular formula is C11H13N5S. The van der Waals surface area contributed by atoms with Gasteiger partial charge in [0, 0.05) is 6.54 Å². The molecule has 0 unspecified atom stereocenters. The number of hydrogen-bond acceptors (Lipinski definition) is 3. The van der Waals surface area contributed by atoms with E-state index < -0.39 is 0 Å². The van der Waals surface area contributed by atoms with Crippen molar-refractivity contribution < 1.29 is 0 Å². The largest absolute Gasteiger partial charge is 0.361 e. The standard InChI is InChI=1S/C11H13N5S/c17-11(15-16-8-13-14-9-16)12-7-6-10-4-2-1-3-5-10/h1-5,8-9H,6-7H2,(H2,12,15,17). The Bertz CT molecular complexity index is 454. The summed E-state index contributed by atoms with van der Waals surface area (Å²) in [6, 6.07) is 10.3. The van der Waals surface area contributed by atoms with Crippen LogP contribution in [0.15, 0.2) is 43.0 Å². The molecule has 0 aliphatic rings. The predicted octanol–water partition coefficient (Wildman–Crippen LogP) is 0.939. The Morgan fingerprint density at radius 2 is 1.88 bits per heavy atom. The van der Waals surface area contributed by atoms with Crippen molar-refractivity contribution in [2.24, 2.45) is 0 Å². The highest BCUT2D eigenvalue weighted by Gasteiger charge is 1.96. The van der Waals surface area contributed by atoms with Crippen LogP contribution in [-0.2, 0) is 6.42 Å². The normalized spacial score (nSPS) is 9.88. The number of nitrogens with zero attached hydrogens (tertiary/aromatic N) is 3. The Kier molecular flexibility index (Phi) is 4.04. The smallest absolute Gasteiger partial charge is 0.185 e. The van der Waals surface area contributed by atoms with Crippen LogP contribution in [0, 0.1) is 0 Å². The van der Waals surface area contributed by atoms with E-state index in [1.165, 1.54) is 5.56 Å². The molecule has 1 heterocycles. The first-order chi connectivity index (χ1) is 8.34. The highest BCUT2D eigenvalue weighted by molar-refractivity contribution is 7.80. The van der Waals surface area contributed by atoms with E-state index >= 15 is 0 Å². The third-order valence-corrected chi connectivity index (χ3v) is 2.43. The first-order valence-electron chi connectivity index (χ1n) is 5.28. The van der Waals surface area contributed by atoms with Gasteiger partial charge in [-0.15, -0.1) is 10.2 Å². The Labute approximate surface area is 105 Å². The second-order valence-electron chi connectivity index (χ2n) is 3.47. The van der Waals surface area contributed by atoms with Gasteiger partial charge in [-0.2, -0.15) is 0 Å². The Hall–Kier alpha value is -1.95. The lowest BCUT2D eigenvalue weighted by atomic mass is 10.1. The molecule has 0 atom stereocenters. The van der Waals surface area contributed by atoms with Gasteiger partial charge in [-0.3, -0.25) is 5.43 Å². The number of benzene rings is 1. The van der Waals surface area contributed by atoms with E-state index in [1.807, 2.05) is 18.2 Å². The van der Waals surface area contributed by atoms with Crippen molar-refractivity contribution in [3.05, 3.63) is 48.5 Å². The first-order valence-corrected chi connectivity index (χ1v) is 5.69. The number of thiocarbonyl (C=S) groups is 1. The molecule has 5 nitrogen and oxygen atoms in total. The van der Waals surface area contributed by atoms with E-state index in [9.17, 15) is 0 Å². The number of aromatic nitrogens is 3. The molecule has 88 valence electrons. The van der Waals surface area contributed by atoms with Gasteiger partial charge in [-0.25, -0.2) is 4.68 Å². The maximum atomic E-state index is 5.12. The van der Waals surface area contributed by atoms with E-state index in [-0.39, 0.29) is 0 Å². The van der Waals surface area contributed by atoms with Crippen molar-refractivity contribution in [2.45, 2.75) is 6.42 Å². The first kappa shape index (κ1) is 11.5. The van der Waals surface area contributed by atoms with Crippen LogP contribution in [0.25, 0.3) is 0 Å². The quantitative estimate of drug-likeness (QED) is 0.788. The number of nitrogens with one attached hydrogen (secondary N) is 2. The summed E-state index contributed by atoms with van der Waals surface area (Å²) in [4.78, 5) is 0. The van der Waals surface area contributed by atoms with E-state index in [1.54, 1.807) is 17.3 Å². The Morgan fingerprint density at radius 1 is 1.18 bits per heavy atom. The second kappa shape index (κ2) is 5.95. The van der Waals surface area contributed by atoms with Crippen LogP contribution in [0.4, 0.5) is 0 Å². The molecule has 0 bridgehead atoms. The van der Waals surface area contributed by atoms with Crippen LogP contribution < -0.4 is 10.7 Å². The van der Waals surface area contributed by atoms with Crippen molar-refractivity contribution >= 4 is 17.3 Å². The molecule has 1 aromatic carbocycles. The maximum Gasteiger partial charge on any atom is 0.185 e. The fourth-order valence-electron chi connectivity index (χ4n) is 1.38. The zero-order valence-electron chi connectivity index (χ0n) is 9.21. The summed E-state index contributed by atoms with van der Waals surface area (Å²) in [5.74, 6) is 0. The van der Waals surface area contributed by atoms with E-state index in [0.717, 1.165) is 13.0 Å².